The number of anilines is 1. The second-order valence-corrected chi connectivity index (χ2v) is 5.98. The van der Waals surface area contributed by atoms with Gasteiger partial charge in [0.05, 0.1) is 36.7 Å². The molecule has 0 amide bonds. The third-order valence-corrected chi connectivity index (χ3v) is 4.44. The first kappa shape index (κ1) is 18.3. The van der Waals surface area contributed by atoms with Crippen LogP contribution in [0.1, 0.15) is 29.3 Å². The Balaban J connectivity index is 2.39. The van der Waals surface area contributed by atoms with E-state index < -0.39 is 0 Å². The average molecular weight is 363 g/mol. The number of rotatable bonds is 5. The molecule has 2 aromatic heterocycles. The van der Waals surface area contributed by atoms with Gasteiger partial charge >= 0.3 is 0 Å². The standard InChI is InChI=1S/C20H21N5O2/c1-5-27-9-8-15-17-14(10-21)19(22)25(20(17)24-11-23-15)18-12(2)6-7-16(26-4)13(18)3/h6-9,11H,5,22H2,1-4H3/b9-8+. The molecule has 0 spiro atoms. The fraction of sp³-hybridized carbons (Fsp3) is 0.250. The summed E-state index contributed by atoms with van der Waals surface area (Å²) in [7, 11) is 1.62. The van der Waals surface area contributed by atoms with Crippen LogP contribution in [0.5, 0.6) is 5.75 Å². The van der Waals surface area contributed by atoms with Crippen LogP contribution in [0.4, 0.5) is 5.82 Å². The summed E-state index contributed by atoms with van der Waals surface area (Å²) in [6, 6.07) is 6.06. The number of benzene rings is 1. The minimum absolute atomic E-state index is 0.318. The molecule has 2 heterocycles. The van der Waals surface area contributed by atoms with Gasteiger partial charge < -0.3 is 15.2 Å². The van der Waals surface area contributed by atoms with E-state index in [0.717, 1.165) is 22.6 Å². The number of ether oxygens (including phenoxy) is 2. The highest BCUT2D eigenvalue weighted by molar-refractivity contribution is 5.96. The number of nitrogens with two attached hydrogens (primary N) is 1. The van der Waals surface area contributed by atoms with Gasteiger partial charge in [0.15, 0.2) is 5.65 Å². The Labute approximate surface area is 157 Å². The summed E-state index contributed by atoms with van der Waals surface area (Å²) in [6.07, 6.45) is 4.72. The number of nitrogen functional groups attached to an aromatic ring is 1. The first-order chi connectivity index (χ1) is 13.0. The smallest absolute Gasteiger partial charge is 0.151 e. The van der Waals surface area contributed by atoms with E-state index >= 15 is 0 Å². The largest absolute Gasteiger partial charge is 0.501 e. The zero-order valence-corrected chi connectivity index (χ0v) is 15.8. The molecule has 27 heavy (non-hydrogen) atoms. The van der Waals surface area contributed by atoms with E-state index in [9.17, 15) is 5.26 Å². The number of aryl methyl sites for hydroxylation is 1. The number of hydrogen-bond donors (Lipinski definition) is 1. The highest BCUT2D eigenvalue weighted by Gasteiger charge is 2.23. The quantitative estimate of drug-likeness (QED) is 0.697. The normalized spacial score (nSPS) is 11.1. The number of nitriles is 1. The molecule has 0 aliphatic heterocycles. The molecular formula is C20H21N5O2. The van der Waals surface area contributed by atoms with Crippen molar-refractivity contribution in [2.24, 2.45) is 0 Å². The van der Waals surface area contributed by atoms with Crippen LogP contribution >= 0.6 is 0 Å². The summed E-state index contributed by atoms with van der Waals surface area (Å²) < 4.78 is 12.5. The van der Waals surface area contributed by atoms with Crippen molar-refractivity contribution >= 4 is 22.9 Å². The van der Waals surface area contributed by atoms with E-state index in [0.29, 0.717) is 34.7 Å². The average Bonchev–Trinajstić information content (AvgIpc) is 2.95. The summed E-state index contributed by atoms with van der Waals surface area (Å²) in [5.41, 5.74) is 10.6. The van der Waals surface area contributed by atoms with Gasteiger partial charge in [-0.25, -0.2) is 9.97 Å². The van der Waals surface area contributed by atoms with Crippen LogP contribution in [0.15, 0.2) is 24.7 Å². The third-order valence-electron chi connectivity index (χ3n) is 4.44. The van der Waals surface area contributed by atoms with E-state index in [1.54, 1.807) is 24.0 Å². The Bertz CT molecular complexity index is 1080. The lowest BCUT2D eigenvalue weighted by molar-refractivity contribution is 0.272. The first-order valence-corrected chi connectivity index (χ1v) is 8.52. The van der Waals surface area contributed by atoms with E-state index in [1.807, 2.05) is 32.9 Å². The van der Waals surface area contributed by atoms with Gasteiger partial charge in [-0.2, -0.15) is 5.26 Å². The fourth-order valence-electron chi connectivity index (χ4n) is 3.21. The van der Waals surface area contributed by atoms with Crippen LogP contribution in [-0.2, 0) is 4.74 Å². The molecule has 2 N–H and O–H groups in total. The van der Waals surface area contributed by atoms with Crippen molar-refractivity contribution in [2.45, 2.75) is 20.8 Å². The monoisotopic (exact) mass is 363 g/mol. The topological polar surface area (TPSA) is 99.0 Å². The van der Waals surface area contributed by atoms with Crippen LogP contribution in [0, 0.1) is 25.2 Å². The highest BCUT2D eigenvalue weighted by atomic mass is 16.5. The lowest BCUT2D eigenvalue weighted by Gasteiger charge is -2.16. The molecule has 7 heteroatoms. The van der Waals surface area contributed by atoms with Gasteiger partial charge in [0.2, 0.25) is 0 Å². The lowest BCUT2D eigenvalue weighted by Crippen LogP contribution is -2.06. The van der Waals surface area contributed by atoms with Crippen LogP contribution < -0.4 is 10.5 Å². The molecular weight excluding hydrogens is 342 g/mol. The molecule has 0 unspecified atom stereocenters. The Morgan fingerprint density at radius 1 is 1.30 bits per heavy atom. The maximum Gasteiger partial charge on any atom is 0.151 e. The van der Waals surface area contributed by atoms with E-state index in [2.05, 4.69) is 16.0 Å². The van der Waals surface area contributed by atoms with Gasteiger partial charge in [-0.1, -0.05) is 6.07 Å². The van der Waals surface area contributed by atoms with Crippen LogP contribution in [0.25, 0.3) is 22.8 Å². The van der Waals surface area contributed by atoms with Gasteiger partial charge in [-0.3, -0.25) is 4.57 Å². The van der Waals surface area contributed by atoms with Gasteiger partial charge in [0.1, 0.15) is 29.5 Å². The predicted molar refractivity (Wildman–Crippen MR) is 105 cm³/mol. The second kappa shape index (κ2) is 7.38. The zero-order valence-electron chi connectivity index (χ0n) is 15.8. The summed E-state index contributed by atoms with van der Waals surface area (Å²) in [5.74, 6) is 1.05. The minimum Gasteiger partial charge on any atom is -0.501 e. The van der Waals surface area contributed by atoms with Gasteiger partial charge in [0, 0.05) is 5.56 Å². The molecule has 1 aromatic carbocycles. The van der Waals surface area contributed by atoms with Gasteiger partial charge in [0.25, 0.3) is 0 Å². The molecule has 138 valence electrons. The molecule has 0 bridgehead atoms. The van der Waals surface area contributed by atoms with Crippen molar-refractivity contribution in [3.8, 4) is 17.5 Å². The number of nitrogens with zero attached hydrogens (tertiary/aromatic N) is 4. The molecule has 3 rings (SSSR count). The van der Waals surface area contributed by atoms with Crippen molar-refractivity contribution in [3.63, 3.8) is 0 Å². The molecule has 3 aromatic rings. The molecule has 0 radical (unpaired) electrons. The number of aromatic nitrogens is 3. The van der Waals surface area contributed by atoms with Gasteiger partial charge in [-0.15, -0.1) is 0 Å². The molecule has 0 aliphatic rings. The second-order valence-electron chi connectivity index (χ2n) is 5.98. The van der Waals surface area contributed by atoms with Crippen molar-refractivity contribution in [2.75, 3.05) is 19.5 Å². The van der Waals surface area contributed by atoms with Crippen molar-refractivity contribution in [1.29, 1.82) is 5.26 Å². The Kier molecular flexibility index (Phi) is 4.99. The summed E-state index contributed by atoms with van der Waals surface area (Å²) in [5, 5.41) is 10.3. The maximum absolute atomic E-state index is 9.73. The number of hydrogen-bond acceptors (Lipinski definition) is 6. The Morgan fingerprint density at radius 2 is 2.07 bits per heavy atom. The van der Waals surface area contributed by atoms with Crippen LogP contribution in [0.3, 0.4) is 0 Å². The van der Waals surface area contributed by atoms with Crippen LogP contribution in [0.2, 0.25) is 0 Å². The summed E-state index contributed by atoms with van der Waals surface area (Å²) >= 11 is 0. The third kappa shape index (κ3) is 2.95. The maximum atomic E-state index is 9.73. The van der Waals surface area contributed by atoms with E-state index in [4.69, 9.17) is 15.2 Å². The Morgan fingerprint density at radius 3 is 2.74 bits per heavy atom. The molecule has 0 aliphatic carbocycles. The summed E-state index contributed by atoms with van der Waals surface area (Å²) in [4.78, 5) is 8.71. The van der Waals surface area contributed by atoms with Crippen molar-refractivity contribution in [3.05, 3.63) is 47.1 Å². The molecule has 7 nitrogen and oxygen atoms in total. The highest BCUT2D eigenvalue weighted by Crippen LogP contribution is 2.36. The van der Waals surface area contributed by atoms with Crippen LogP contribution in [-0.4, -0.2) is 28.3 Å². The van der Waals surface area contributed by atoms with Crippen molar-refractivity contribution < 1.29 is 9.47 Å². The first-order valence-electron chi connectivity index (χ1n) is 8.52. The molecule has 0 saturated carbocycles. The number of fused-ring (bicyclic) bond motifs is 1. The fourth-order valence-corrected chi connectivity index (χ4v) is 3.21. The molecule has 0 saturated heterocycles. The predicted octanol–water partition coefficient (Wildman–Crippen LogP) is 3.51. The molecule has 0 fully saturated rings. The van der Waals surface area contributed by atoms with E-state index in [1.165, 1.54) is 6.33 Å². The van der Waals surface area contributed by atoms with Crippen molar-refractivity contribution in [1.82, 2.24) is 14.5 Å². The summed E-state index contributed by atoms with van der Waals surface area (Å²) in [6.45, 7) is 6.37. The Hall–Kier alpha value is -3.53. The van der Waals surface area contributed by atoms with Gasteiger partial charge in [-0.05, 0) is 38.5 Å². The zero-order chi connectivity index (χ0) is 19.6. The van der Waals surface area contributed by atoms with E-state index in [-0.39, 0.29) is 0 Å². The minimum atomic E-state index is 0.318. The SMILES string of the molecule is CCO/C=C/c1ncnc2c1c(C#N)c(N)n2-c1c(C)ccc(OC)c1C. The lowest BCUT2D eigenvalue weighted by atomic mass is 10.1. The number of methoxy groups -OCH3 is 1. The molecule has 0 atom stereocenters.